The Balaban J connectivity index is 1.35. The number of ether oxygens (including phenoxy) is 1. The summed E-state index contributed by atoms with van der Waals surface area (Å²) in [5.41, 5.74) is 3.78. The molecule has 0 saturated carbocycles. The molecule has 1 unspecified atom stereocenters. The molecule has 1 saturated heterocycles. The molecule has 1 heterocycles. The van der Waals surface area contributed by atoms with Crippen molar-refractivity contribution in [3.05, 3.63) is 59.7 Å². The van der Waals surface area contributed by atoms with E-state index in [1.54, 1.807) is 18.7 Å². The summed E-state index contributed by atoms with van der Waals surface area (Å²) in [7, 11) is 0. The molecule has 0 spiro atoms. The smallest absolute Gasteiger partial charge is 0.407 e. The number of carboxylic acids is 1. The minimum atomic E-state index is -0.902. The number of hydrogen-bond donors (Lipinski definition) is 2. The molecule has 7 heteroatoms. The Morgan fingerprint density at radius 2 is 1.65 bits per heavy atom. The topological polar surface area (TPSA) is 95.9 Å². The van der Waals surface area contributed by atoms with E-state index >= 15 is 0 Å². The molecule has 2 amide bonds. The van der Waals surface area contributed by atoms with E-state index in [1.807, 2.05) is 24.3 Å². The number of fused-ring (bicyclic) bond motifs is 3. The lowest BCUT2D eigenvalue weighted by Gasteiger charge is -2.37. The summed E-state index contributed by atoms with van der Waals surface area (Å²) in [5.74, 6) is -1.08. The van der Waals surface area contributed by atoms with Gasteiger partial charge in [-0.2, -0.15) is 0 Å². The number of nitrogens with zero attached hydrogens (tertiary/aromatic N) is 1. The van der Waals surface area contributed by atoms with Crippen LogP contribution in [0.3, 0.4) is 0 Å². The van der Waals surface area contributed by atoms with E-state index in [9.17, 15) is 19.5 Å². The van der Waals surface area contributed by atoms with Crippen molar-refractivity contribution in [2.45, 2.75) is 63.5 Å². The first-order valence-corrected chi connectivity index (χ1v) is 11.9. The van der Waals surface area contributed by atoms with Crippen molar-refractivity contribution < 1.29 is 24.2 Å². The van der Waals surface area contributed by atoms with Crippen molar-refractivity contribution >= 4 is 18.0 Å². The van der Waals surface area contributed by atoms with Gasteiger partial charge in [0.25, 0.3) is 0 Å². The average Bonchev–Trinajstić information content (AvgIpc) is 3.11. The molecule has 0 bridgehead atoms. The van der Waals surface area contributed by atoms with Crippen LogP contribution in [0.4, 0.5) is 4.79 Å². The number of amides is 2. The van der Waals surface area contributed by atoms with Crippen LogP contribution < -0.4 is 5.32 Å². The highest BCUT2D eigenvalue weighted by Gasteiger charge is 2.34. The zero-order valence-corrected chi connectivity index (χ0v) is 19.8. The van der Waals surface area contributed by atoms with Crippen molar-refractivity contribution in [2.75, 3.05) is 13.2 Å². The lowest BCUT2D eigenvalue weighted by Crippen LogP contribution is -2.51. The number of aliphatic carboxylic acids is 1. The molecule has 1 aliphatic carbocycles. The van der Waals surface area contributed by atoms with Crippen molar-refractivity contribution in [1.29, 1.82) is 0 Å². The summed E-state index contributed by atoms with van der Waals surface area (Å²) in [6.07, 6.45) is 1.93. The zero-order valence-electron chi connectivity index (χ0n) is 19.8. The first-order chi connectivity index (χ1) is 16.2. The monoisotopic (exact) mass is 464 g/mol. The second-order valence-corrected chi connectivity index (χ2v) is 9.85. The van der Waals surface area contributed by atoms with Crippen LogP contribution in [0.15, 0.2) is 48.5 Å². The molecule has 2 N–H and O–H groups in total. The molecule has 180 valence electrons. The molecular weight excluding hydrogens is 432 g/mol. The van der Waals surface area contributed by atoms with Gasteiger partial charge in [-0.05, 0) is 55.4 Å². The number of carbonyl (C=O) groups excluding carboxylic acids is 2. The SMILES string of the molecule is CC(C)(CC(=O)N1CCCCC1CC(=O)O)NC(=O)OCC1c2ccccc2-c2ccccc21. The molecule has 2 aromatic carbocycles. The average molecular weight is 465 g/mol. The summed E-state index contributed by atoms with van der Waals surface area (Å²) in [4.78, 5) is 38.5. The van der Waals surface area contributed by atoms with Crippen molar-refractivity contribution in [1.82, 2.24) is 10.2 Å². The highest BCUT2D eigenvalue weighted by molar-refractivity contribution is 5.81. The third-order valence-electron chi connectivity index (χ3n) is 6.74. The van der Waals surface area contributed by atoms with Gasteiger partial charge >= 0.3 is 12.1 Å². The number of piperidine rings is 1. The number of likely N-dealkylation sites (tertiary alicyclic amines) is 1. The molecule has 7 nitrogen and oxygen atoms in total. The van der Waals surface area contributed by atoms with Crippen LogP contribution >= 0.6 is 0 Å². The Labute approximate surface area is 200 Å². The maximum Gasteiger partial charge on any atom is 0.407 e. The number of nitrogens with one attached hydrogen (secondary N) is 1. The third-order valence-corrected chi connectivity index (χ3v) is 6.74. The Morgan fingerprint density at radius 3 is 2.26 bits per heavy atom. The fourth-order valence-electron chi connectivity index (χ4n) is 5.18. The van der Waals surface area contributed by atoms with Crippen LogP contribution in [0.5, 0.6) is 0 Å². The molecule has 0 aromatic heterocycles. The number of carbonyl (C=O) groups is 3. The fraction of sp³-hybridized carbons (Fsp3) is 0.444. The number of rotatable bonds is 7. The van der Waals surface area contributed by atoms with E-state index in [2.05, 4.69) is 29.6 Å². The highest BCUT2D eigenvalue weighted by Crippen LogP contribution is 2.44. The van der Waals surface area contributed by atoms with E-state index < -0.39 is 17.6 Å². The van der Waals surface area contributed by atoms with Crippen LogP contribution in [0.25, 0.3) is 11.1 Å². The highest BCUT2D eigenvalue weighted by atomic mass is 16.5. The van der Waals surface area contributed by atoms with Crippen LogP contribution in [-0.4, -0.2) is 52.7 Å². The van der Waals surface area contributed by atoms with Crippen LogP contribution in [0.1, 0.15) is 63.0 Å². The van der Waals surface area contributed by atoms with Gasteiger partial charge in [-0.3, -0.25) is 9.59 Å². The Bertz CT molecular complexity index is 1030. The van der Waals surface area contributed by atoms with Crippen molar-refractivity contribution in [2.24, 2.45) is 0 Å². The number of benzene rings is 2. The maximum atomic E-state index is 13.0. The summed E-state index contributed by atoms with van der Waals surface area (Å²) < 4.78 is 5.62. The second-order valence-electron chi connectivity index (χ2n) is 9.85. The fourth-order valence-corrected chi connectivity index (χ4v) is 5.18. The molecule has 2 aliphatic rings. The van der Waals surface area contributed by atoms with Crippen LogP contribution in [0, 0.1) is 0 Å². The largest absolute Gasteiger partial charge is 0.481 e. The van der Waals surface area contributed by atoms with Crippen molar-refractivity contribution in [3.63, 3.8) is 0 Å². The van der Waals surface area contributed by atoms with E-state index in [1.165, 1.54) is 0 Å². The van der Waals surface area contributed by atoms with E-state index in [4.69, 9.17) is 4.74 Å². The molecule has 1 atom stereocenters. The normalized spacial score (nSPS) is 17.6. The van der Waals surface area contributed by atoms with Gasteiger partial charge in [-0.15, -0.1) is 0 Å². The summed E-state index contributed by atoms with van der Waals surface area (Å²) in [6, 6.07) is 16.0. The minimum Gasteiger partial charge on any atom is -0.481 e. The first-order valence-electron chi connectivity index (χ1n) is 11.9. The number of carboxylic acid groups (broad SMARTS) is 1. The molecule has 1 fully saturated rings. The van der Waals surface area contributed by atoms with Gasteiger partial charge in [0.15, 0.2) is 0 Å². The van der Waals surface area contributed by atoms with Gasteiger partial charge in [0.05, 0.1) is 6.42 Å². The minimum absolute atomic E-state index is 0.0342. The predicted octanol–water partition coefficient (Wildman–Crippen LogP) is 4.55. The second kappa shape index (κ2) is 9.87. The Hall–Kier alpha value is -3.35. The van der Waals surface area contributed by atoms with E-state index in [0.717, 1.165) is 35.1 Å². The Kier molecular flexibility index (Phi) is 6.91. The summed E-state index contributed by atoms with van der Waals surface area (Å²) in [6.45, 7) is 4.32. The quantitative estimate of drug-likeness (QED) is 0.627. The molecule has 4 rings (SSSR count). The van der Waals surface area contributed by atoms with Gasteiger partial charge < -0.3 is 20.1 Å². The van der Waals surface area contributed by atoms with Gasteiger partial charge in [-0.1, -0.05) is 48.5 Å². The first kappa shape index (κ1) is 23.8. The van der Waals surface area contributed by atoms with Crippen LogP contribution in [0.2, 0.25) is 0 Å². The lowest BCUT2D eigenvalue weighted by molar-refractivity contribution is -0.142. The standard InChI is InChI=1S/C27H32N2O5/c1-27(2,16-24(30)29-14-8-7-9-18(29)15-25(31)32)28-26(33)34-17-23-21-12-5-3-10-19(21)20-11-4-6-13-22(20)23/h3-6,10-13,18,23H,7-9,14-17H2,1-2H3,(H,28,33)(H,31,32). The third kappa shape index (κ3) is 5.24. The number of hydrogen-bond acceptors (Lipinski definition) is 4. The predicted molar refractivity (Wildman–Crippen MR) is 129 cm³/mol. The molecule has 0 radical (unpaired) electrons. The van der Waals surface area contributed by atoms with Gasteiger partial charge in [0.1, 0.15) is 6.61 Å². The molecule has 2 aromatic rings. The van der Waals surface area contributed by atoms with E-state index in [-0.39, 0.29) is 37.3 Å². The zero-order chi connectivity index (χ0) is 24.3. The summed E-state index contributed by atoms with van der Waals surface area (Å²) in [5, 5.41) is 12.0. The Morgan fingerprint density at radius 1 is 1.03 bits per heavy atom. The summed E-state index contributed by atoms with van der Waals surface area (Å²) >= 11 is 0. The molecule has 1 aliphatic heterocycles. The lowest BCUT2D eigenvalue weighted by atomic mass is 9.95. The van der Waals surface area contributed by atoms with Gasteiger partial charge in [-0.25, -0.2) is 4.79 Å². The molecular formula is C27H32N2O5. The maximum absolute atomic E-state index is 13.0. The van der Waals surface area contributed by atoms with E-state index in [0.29, 0.717) is 13.0 Å². The molecule has 34 heavy (non-hydrogen) atoms. The van der Waals surface area contributed by atoms with Crippen LogP contribution in [-0.2, 0) is 14.3 Å². The van der Waals surface area contributed by atoms with Gasteiger partial charge in [0.2, 0.25) is 5.91 Å². The number of alkyl carbamates (subject to hydrolysis) is 1. The van der Waals surface area contributed by atoms with Crippen molar-refractivity contribution in [3.8, 4) is 11.1 Å². The van der Waals surface area contributed by atoms with Gasteiger partial charge in [0, 0.05) is 30.5 Å².